The highest BCUT2D eigenvalue weighted by atomic mass is 16.6. The van der Waals surface area contributed by atoms with Crippen molar-refractivity contribution in [3.05, 3.63) is 27.9 Å². The highest BCUT2D eigenvalue weighted by Gasteiger charge is 2.44. The van der Waals surface area contributed by atoms with Crippen LogP contribution in [0.5, 0.6) is 0 Å². The first-order chi connectivity index (χ1) is 9.61. The Hall–Kier alpha value is -1.69. The molecule has 0 aromatic carbocycles. The van der Waals surface area contributed by atoms with Crippen LogP contribution in [-0.2, 0) is 0 Å². The first-order valence-electron chi connectivity index (χ1n) is 7.20. The summed E-state index contributed by atoms with van der Waals surface area (Å²) in [5.74, 6) is 2.27. The molecule has 0 bridgehead atoms. The number of aryl methyl sites for hydroxylation is 1. The van der Waals surface area contributed by atoms with Gasteiger partial charge < -0.3 is 10.2 Å². The number of fused-ring (bicyclic) bond motifs is 1. The van der Waals surface area contributed by atoms with Crippen LogP contribution in [0.25, 0.3) is 0 Å². The van der Waals surface area contributed by atoms with Gasteiger partial charge in [0.2, 0.25) is 0 Å². The van der Waals surface area contributed by atoms with E-state index in [9.17, 15) is 10.1 Å². The van der Waals surface area contributed by atoms with E-state index in [4.69, 9.17) is 0 Å². The smallest absolute Gasteiger partial charge is 0.287 e. The second-order valence-corrected chi connectivity index (χ2v) is 5.80. The van der Waals surface area contributed by atoms with E-state index >= 15 is 0 Å². The van der Waals surface area contributed by atoms with Crippen LogP contribution >= 0.6 is 0 Å². The standard InChI is InChI=1S/C14H20N4O2/c1-3-13-12-7-15-5-10(12)8-17(13)14-9(2)4-11(6-16-14)18(19)20/h4,6,10,12-13,15H,3,5,7-8H2,1-2H3. The number of nitro groups is 1. The van der Waals surface area contributed by atoms with Crippen LogP contribution in [0.15, 0.2) is 12.3 Å². The molecule has 20 heavy (non-hydrogen) atoms. The topological polar surface area (TPSA) is 71.3 Å². The lowest BCUT2D eigenvalue weighted by molar-refractivity contribution is -0.385. The minimum atomic E-state index is -0.385. The molecule has 2 saturated heterocycles. The van der Waals surface area contributed by atoms with Gasteiger partial charge in [-0.3, -0.25) is 10.1 Å². The molecule has 0 spiro atoms. The maximum Gasteiger partial charge on any atom is 0.287 e. The molecule has 3 unspecified atom stereocenters. The summed E-state index contributed by atoms with van der Waals surface area (Å²) in [7, 11) is 0. The van der Waals surface area contributed by atoms with E-state index < -0.39 is 0 Å². The zero-order chi connectivity index (χ0) is 14.3. The van der Waals surface area contributed by atoms with E-state index in [1.54, 1.807) is 6.07 Å². The Morgan fingerprint density at radius 3 is 3.00 bits per heavy atom. The largest absolute Gasteiger partial charge is 0.353 e. The maximum atomic E-state index is 10.8. The SMILES string of the molecule is CCC1C2CNCC2CN1c1ncc([N+](=O)[O-])cc1C. The molecule has 1 N–H and O–H groups in total. The number of aromatic nitrogens is 1. The molecule has 0 saturated carbocycles. The lowest BCUT2D eigenvalue weighted by Crippen LogP contribution is -2.36. The van der Waals surface area contributed by atoms with Gasteiger partial charge in [-0.25, -0.2) is 4.98 Å². The van der Waals surface area contributed by atoms with Gasteiger partial charge in [-0.1, -0.05) is 6.92 Å². The predicted octanol–water partition coefficient (Wildman–Crippen LogP) is 1.73. The van der Waals surface area contributed by atoms with Gasteiger partial charge >= 0.3 is 0 Å². The summed E-state index contributed by atoms with van der Waals surface area (Å²) in [5, 5.41) is 14.3. The maximum absolute atomic E-state index is 10.8. The van der Waals surface area contributed by atoms with Gasteiger partial charge in [-0.15, -0.1) is 0 Å². The molecule has 2 fully saturated rings. The van der Waals surface area contributed by atoms with Crippen LogP contribution in [-0.4, -0.2) is 35.6 Å². The van der Waals surface area contributed by atoms with Crippen molar-refractivity contribution < 1.29 is 4.92 Å². The van der Waals surface area contributed by atoms with Crippen molar-refractivity contribution in [1.29, 1.82) is 0 Å². The van der Waals surface area contributed by atoms with E-state index in [-0.39, 0.29) is 10.6 Å². The zero-order valence-electron chi connectivity index (χ0n) is 11.9. The molecule has 1 aromatic heterocycles. The molecule has 108 valence electrons. The van der Waals surface area contributed by atoms with Crippen molar-refractivity contribution in [3.63, 3.8) is 0 Å². The average molecular weight is 276 g/mol. The average Bonchev–Trinajstić information content (AvgIpc) is 2.98. The van der Waals surface area contributed by atoms with Gasteiger partial charge in [0.25, 0.3) is 5.69 Å². The molecule has 3 rings (SSSR count). The van der Waals surface area contributed by atoms with Crippen LogP contribution in [0, 0.1) is 28.9 Å². The molecule has 3 atom stereocenters. The van der Waals surface area contributed by atoms with Crippen LogP contribution < -0.4 is 10.2 Å². The second kappa shape index (κ2) is 5.01. The van der Waals surface area contributed by atoms with Crippen LogP contribution in [0.1, 0.15) is 18.9 Å². The summed E-state index contributed by atoms with van der Waals surface area (Å²) in [6.45, 7) is 7.27. The summed E-state index contributed by atoms with van der Waals surface area (Å²) in [6, 6.07) is 2.11. The van der Waals surface area contributed by atoms with Gasteiger partial charge in [0.15, 0.2) is 0 Å². The highest BCUT2D eigenvalue weighted by Crippen LogP contribution is 2.38. The van der Waals surface area contributed by atoms with E-state index in [2.05, 4.69) is 22.1 Å². The van der Waals surface area contributed by atoms with Crippen molar-refractivity contribution >= 4 is 11.5 Å². The number of hydrogen-bond acceptors (Lipinski definition) is 5. The molecule has 2 aliphatic heterocycles. The molecule has 0 amide bonds. The van der Waals surface area contributed by atoms with Crippen LogP contribution in [0.3, 0.4) is 0 Å². The molecular formula is C14H20N4O2. The van der Waals surface area contributed by atoms with Crippen LogP contribution in [0.2, 0.25) is 0 Å². The van der Waals surface area contributed by atoms with Crippen molar-refractivity contribution in [1.82, 2.24) is 10.3 Å². The number of nitrogens with zero attached hydrogens (tertiary/aromatic N) is 3. The fourth-order valence-corrected chi connectivity index (χ4v) is 3.74. The third-order valence-corrected chi connectivity index (χ3v) is 4.66. The molecule has 1 aromatic rings. The van der Waals surface area contributed by atoms with Crippen molar-refractivity contribution in [2.24, 2.45) is 11.8 Å². The molecule has 2 aliphatic rings. The third kappa shape index (κ3) is 2.04. The molecule has 0 radical (unpaired) electrons. The minimum absolute atomic E-state index is 0.0698. The fraction of sp³-hybridized carbons (Fsp3) is 0.643. The van der Waals surface area contributed by atoms with Gasteiger partial charge in [0.05, 0.1) is 4.92 Å². The summed E-state index contributed by atoms with van der Waals surface area (Å²) in [6.07, 6.45) is 2.46. The molecule has 6 heteroatoms. The highest BCUT2D eigenvalue weighted by molar-refractivity contribution is 5.52. The lowest BCUT2D eigenvalue weighted by Gasteiger charge is -2.29. The summed E-state index contributed by atoms with van der Waals surface area (Å²) in [5.41, 5.74) is 0.964. The first-order valence-corrected chi connectivity index (χ1v) is 7.20. The summed E-state index contributed by atoms with van der Waals surface area (Å²) < 4.78 is 0. The molecule has 3 heterocycles. The molecule has 6 nitrogen and oxygen atoms in total. The monoisotopic (exact) mass is 276 g/mol. The Bertz CT molecular complexity index is 534. The predicted molar refractivity (Wildman–Crippen MR) is 76.9 cm³/mol. The number of pyridine rings is 1. The van der Waals surface area contributed by atoms with E-state index in [0.29, 0.717) is 17.9 Å². The quantitative estimate of drug-likeness (QED) is 0.672. The van der Waals surface area contributed by atoms with Gasteiger partial charge in [-0.2, -0.15) is 0 Å². The zero-order valence-corrected chi connectivity index (χ0v) is 11.9. The van der Waals surface area contributed by atoms with E-state index in [0.717, 1.165) is 37.4 Å². The number of nitrogens with one attached hydrogen (secondary N) is 1. The second-order valence-electron chi connectivity index (χ2n) is 5.80. The fourth-order valence-electron chi connectivity index (χ4n) is 3.74. The van der Waals surface area contributed by atoms with Gasteiger partial charge in [0.1, 0.15) is 12.0 Å². The number of anilines is 1. The Balaban J connectivity index is 1.91. The number of rotatable bonds is 3. The Labute approximate surface area is 118 Å². The normalized spacial score (nSPS) is 28.7. The van der Waals surface area contributed by atoms with E-state index in [1.807, 2.05) is 6.92 Å². The minimum Gasteiger partial charge on any atom is -0.353 e. The van der Waals surface area contributed by atoms with Crippen molar-refractivity contribution in [3.8, 4) is 0 Å². The number of hydrogen-bond donors (Lipinski definition) is 1. The van der Waals surface area contributed by atoms with Crippen molar-refractivity contribution in [2.45, 2.75) is 26.3 Å². The third-order valence-electron chi connectivity index (χ3n) is 4.66. The lowest BCUT2D eigenvalue weighted by atomic mass is 9.93. The summed E-state index contributed by atoms with van der Waals surface area (Å²) in [4.78, 5) is 17.2. The van der Waals surface area contributed by atoms with Gasteiger partial charge in [0, 0.05) is 31.7 Å². The molecule has 0 aliphatic carbocycles. The van der Waals surface area contributed by atoms with Crippen LogP contribution in [0.4, 0.5) is 11.5 Å². The molecular weight excluding hydrogens is 256 g/mol. The Morgan fingerprint density at radius 1 is 1.55 bits per heavy atom. The van der Waals surface area contributed by atoms with Gasteiger partial charge in [-0.05, 0) is 30.7 Å². The summed E-state index contributed by atoms with van der Waals surface area (Å²) >= 11 is 0. The van der Waals surface area contributed by atoms with E-state index in [1.165, 1.54) is 6.20 Å². The Kier molecular flexibility index (Phi) is 3.33. The Morgan fingerprint density at radius 2 is 2.35 bits per heavy atom. The first kappa shape index (κ1) is 13.3. The van der Waals surface area contributed by atoms with Crippen molar-refractivity contribution in [2.75, 3.05) is 24.5 Å².